The van der Waals surface area contributed by atoms with Crippen LogP contribution in [0.25, 0.3) is 17.1 Å². The predicted molar refractivity (Wildman–Crippen MR) is 68.9 cm³/mol. The summed E-state index contributed by atoms with van der Waals surface area (Å²) >= 11 is 0. The molecule has 1 aromatic carbocycles. The molecular weight excluding hydrogens is 246 g/mol. The fraction of sp³-hybridized carbons (Fsp3) is 0.0833. The second-order valence-corrected chi connectivity index (χ2v) is 3.92. The van der Waals surface area contributed by atoms with Gasteiger partial charge in [0.15, 0.2) is 11.3 Å². The van der Waals surface area contributed by atoms with Crippen LogP contribution in [0.3, 0.4) is 0 Å². The highest BCUT2D eigenvalue weighted by Gasteiger charge is 2.13. The summed E-state index contributed by atoms with van der Waals surface area (Å²) in [6.45, 7) is 0. The lowest BCUT2D eigenvalue weighted by molar-refractivity contribution is 0.0957. The highest BCUT2D eigenvalue weighted by atomic mass is 16.4. The molecular formula is C12H11N5O2. The van der Waals surface area contributed by atoms with Crippen LogP contribution in [0.2, 0.25) is 0 Å². The minimum absolute atomic E-state index is 0.267. The molecule has 96 valence electrons. The van der Waals surface area contributed by atoms with E-state index in [0.29, 0.717) is 16.8 Å². The molecule has 0 spiro atoms. The number of benzene rings is 1. The smallest absolute Gasteiger partial charge is 0.323 e. The van der Waals surface area contributed by atoms with Crippen LogP contribution < -0.4 is 11.1 Å². The number of nitrogen functional groups attached to an aromatic ring is 1. The van der Waals surface area contributed by atoms with Gasteiger partial charge >= 0.3 is 6.01 Å². The van der Waals surface area contributed by atoms with Gasteiger partial charge in [-0.05, 0) is 18.2 Å². The second-order valence-electron chi connectivity index (χ2n) is 3.92. The number of amides is 1. The maximum Gasteiger partial charge on any atom is 0.323 e. The van der Waals surface area contributed by atoms with E-state index in [1.165, 1.54) is 4.68 Å². The highest BCUT2D eigenvalue weighted by Crippen LogP contribution is 2.22. The molecule has 0 atom stereocenters. The molecule has 1 amide bonds. The van der Waals surface area contributed by atoms with Crippen molar-refractivity contribution in [1.82, 2.24) is 20.1 Å². The van der Waals surface area contributed by atoms with Gasteiger partial charge in [0.25, 0.3) is 5.91 Å². The second kappa shape index (κ2) is 4.13. The van der Waals surface area contributed by atoms with Crippen LogP contribution in [0, 0.1) is 0 Å². The van der Waals surface area contributed by atoms with Crippen LogP contribution in [0.15, 0.2) is 34.9 Å². The Hall–Kier alpha value is -2.83. The fourth-order valence-electron chi connectivity index (χ4n) is 1.74. The number of nitrogens with zero attached hydrogens (tertiary/aromatic N) is 3. The molecule has 0 radical (unpaired) electrons. The maximum atomic E-state index is 11.4. The molecule has 0 unspecified atom stereocenters. The normalized spacial score (nSPS) is 10.8. The molecule has 7 heteroatoms. The number of anilines is 1. The summed E-state index contributed by atoms with van der Waals surface area (Å²) in [6, 6.07) is 7.14. The number of carbonyl (C=O) groups excluding carboxylic acids is 1. The minimum Gasteiger partial charge on any atom is -0.422 e. The highest BCUT2D eigenvalue weighted by molar-refractivity contribution is 5.92. The summed E-state index contributed by atoms with van der Waals surface area (Å²) in [7, 11) is 1.54. The Balaban J connectivity index is 2.07. The lowest BCUT2D eigenvalue weighted by Crippen LogP contribution is -2.18. The van der Waals surface area contributed by atoms with E-state index in [-0.39, 0.29) is 17.6 Å². The van der Waals surface area contributed by atoms with E-state index in [0.717, 1.165) is 0 Å². The van der Waals surface area contributed by atoms with Crippen LogP contribution in [0.4, 0.5) is 5.69 Å². The summed E-state index contributed by atoms with van der Waals surface area (Å²) in [5, 5.41) is 6.58. The number of oxazole rings is 1. The quantitative estimate of drug-likeness (QED) is 0.666. The molecule has 2 aromatic heterocycles. The number of carbonyl (C=O) groups is 1. The third-order valence-corrected chi connectivity index (χ3v) is 2.68. The number of rotatable bonds is 2. The van der Waals surface area contributed by atoms with E-state index in [2.05, 4.69) is 15.4 Å². The molecule has 3 rings (SSSR count). The monoisotopic (exact) mass is 257 g/mol. The first-order valence-corrected chi connectivity index (χ1v) is 5.62. The van der Waals surface area contributed by atoms with Crippen molar-refractivity contribution in [2.45, 2.75) is 0 Å². The van der Waals surface area contributed by atoms with Crippen molar-refractivity contribution in [3.05, 3.63) is 36.2 Å². The molecule has 19 heavy (non-hydrogen) atoms. The Morgan fingerprint density at radius 1 is 1.42 bits per heavy atom. The van der Waals surface area contributed by atoms with Gasteiger partial charge in [0.05, 0.1) is 5.69 Å². The van der Waals surface area contributed by atoms with E-state index in [4.69, 9.17) is 10.2 Å². The molecule has 0 saturated carbocycles. The van der Waals surface area contributed by atoms with Crippen LogP contribution >= 0.6 is 0 Å². The number of aromatic nitrogens is 3. The van der Waals surface area contributed by atoms with E-state index < -0.39 is 0 Å². The van der Waals surface area contributed by atoms with Crippen LogP contribution in [-0.4, -0.2) is 27.7 Å². The average Bonchev–Trinajstić information content (AvgIpc) is 3.04. The summed E-state index contributed by atoms with van der Waals surface area (Å²) in [5.74, 6) is -0.269. The summed E-state index contributed by atoms with van der Waals surface area (Å²) in [4.78, 5) is 15.7. The molecule has 0 aliphatic rings. The number of hydrogen-bond donors (Lipinski definition) is 2. The Kier molecular flexibility index (Phi) is 2.45. The van der Waals surface area contributed by atoms with Gasteiger partial charge in [0, 0.05) is 13.2 Å². The van der Waals surface area contributed by atoms with Crippen molar-refractivity contribution in [2.24, 2.45) is 0 Å². The number of hydrogen-bond acceptors (Lipinski definition) is 5. The number of nitrogens with two attached hydrogens (primary N) is 1. The summed E-state index contributed by atoms with van der Waals surface area (Å²) < 4.78 is 6.93. The lowest BCUT2D eigenvalue weighted by Gasteiger charge is -1.93. The van der Waals surface area contributed by atoms with Gasteiger partial charge in [0.1, 0.15) is 5.52 Å². The van der Waals surface area contributed by atoms with Gasteiger partial charge < -0.3 is 15.5 Å². The van der Waals surface area contributed by atoms with Gasteiger partial charge in [-0.2, -0.15) is 14.8 Å². The molecule has 3 aromatic rings. The summed E-state index contributed by atoms with van der Waals surface area (Å²) in [5.41, 5.74) is 7.78. The zero-order valence-corrected chi connectivity index (χ0v) is 10.1. The van der Waals surface area contributed by atoms with Crippen molar-refractivity contribution in [2.75, 3.05) is 12.8 Å². The van der Waals surface area contributed by atoms with Crippen LogP contribution in [-0.2, 0) is 0 Å². The third-order valence-electron chi connectivity index (χ3n) is 2.68. The zero-order chi connectivity index (χ0) is 13.4. The van der Waals surface area contributed by atoms with Crippen molar-refractivity contribution in [3.8, 4) is 6.01 Å². The van der Waals surface area contributed by atoms with Gasteiger partial charge in [-0.1, -0.05) is 6.07 Å². The molecule has 2 heterocycles. The first-order valence-electron chi connectivity index (χ1n) is 5.62. The Morgan fingerprint density at radius 2 is 2.26 bits per heavy atom. The van der Waals surface area contributed by atoms with E-state index >= 15 is 0 Å². The molecule has 0 aliphatic carbocycles. The van der Waals surface area contributed by atoms with Crippen LogP contribution in [0.5, 0.6) is 0 Å². The molecule has 3 N–H and O–H groups in total. The van der Waals surface area contributed by atoms with Crippen molar-refractivity contribution in [1.29, 1.82) is 0 Å². The van der Waals surface area contributed by atoms with Crippen molar-refractivity contribution >= 4 is 22.7 Å². The Labute approximate surface area is 108 Å². The first kappa shape index (κ1) is 11.3. The van der Waals surface area contributed by atoms with Gasteiger partial charge in [-0.3, -0.25) is 4.79 Å². The third kappa shape index (κ3) is 1.81. The lowest BCUT2D eigenvalue weighted by atomic mass is 10.3. The Bertz CT molecular complexity index is 758. The van der Waals surface area contributed by atoms with Gasteiger partial charge in [-0.25, -0.2) is 0 Å². The molecule has 0 aliphatic heterocycles. The van der Waals surface area contributed by atoms with Crippen molar-refractivity contribution < 1.29 is 9.21 Å². The average molecular weight is 257 g/mol. The topological polar surface area (TPSA) is 99.0 Å². The molecule has 0 saturated heterocycles. The SMILES string of the molecule is CNC(=O)c1ccn(-c2nc3c(N)cccc3o2)n1. The van der Waals surface area contributed by atoms with E-state index in [9.17, 15) is 4.79 Å². The predicted octanol–water partition coefficient (Wildman–Crippen LogP) is 0.955. The Morgan fingerprint density at radius 3 is 3.00 bits per heavy atom. The molecule has 0 bridgehead atoms. The largest absolute Gasteiger partial charge is 0.422 e. The van der Waals surface area contributed by atoms with E-state index in [1.54, 1.807) is 37.5 Å². The van der Waals surface area contributed by atoms with Crippen LogP contribution in [0.1, 0.15) is 10.5 Å². The van der Waals surface area contributed by atoms with Crippen molar-refractivity contribution in [3.63, 3.8) is 0 Å². The number of para-hydroxylation sites is 1. The molecule has 7 nitrogen and oxygen atoms in total. The number of nitrogens with one attached hydrogen (secondary N) is 1. The van der Waals surface area contributed by atoms with Gasteiger partial charge in [-0.15, -0.1) is 0 Å². The maximum absolute atomic E-state index is 11.4. The molecule has 0 fully saturated rings. The van der Waals surface area contributed by atoms with E-state index in [1.807, 2.05) is 0 Å². The summed E-state index contributed by atoms with van der Waals surface area (Å²) in [6.07, 6.45) is 1.60. The fourth-order valence-corrected chi connectivity index (χ4v) is 1.74. The zero-order valence-electron chi connectivity index (χ0n) is 10.1. The van der Waals surface area contributed by atoms with Gasteiger partial charge in [0.2, 0.25) is 0 Å². The standard InChI is InChI=1S/C12H11N5O2/c1-14-11(18)8-5-6-17(16-8)12-15-10-7(13)3-2-4-9(10)19-12/h2-6H,13H2,1H3,(H,14,18). The first-order chi connectivity index (χ1) is 9.19. The number of fused-ring (bicyclic) bond motifs is 1. The minimum atomic E-state index is -0.269.